The number of benzene rings is 1. The lowest BCUT2D eigenvalue weighted by atomic mass is 10.2. The summed E-state index contributed by atoms with van der Waals surface area (Å²) in [5, 5.41) is 19.5. The molecule has 4 aromatic rings. The van der Waals surface area contributed by atoms with Gasteiger partial charge in [-0.3, -0.25) is 9.59 Å². The summed E-state index contributed by atoms with van der Waals surface area (Å²) in [6.45, 7) is 3.87. The molecule has 0 unspecified atom stereocenters. The van der Waals surface area contributed by atoms with Crippen molar-refractivity contribution < 1.29 is 23.1 Å². The number of anilines is 2. The highest BCUT2D eigenvalue weighted by atomic mass is 35.5. The van der Waals surface area contributed by atoms with E-state index >= 15 is 0 Å². The molecule has 1 amide bonds. The molecule has 1 aromatic carbocycles. The van der Waals surface area contributed by atoms with Crippen molar-refractivity contribution in [3.05, 3.63) is 57.1 Å². The second kappa shape index (κ2) is 10.7. The van der Waals surface area contributed by atoms with Crippen LogP contribution in [0.15, 0.2) is 35.3 Å². The molecular formula is C24H23ClF3N9O3. The van der Waals surface area contributed by atoms with Crippen molar-refractivity contribution >= 4 is 34.7 Å². The van der Waals surface area contributed by atoms with Gasteiger partial charge in [-0.1, -0.05) is 18.5 Å². The molecule has 5 rings (SSSR count). The number of nitrogens with one attached hydrogen (secondary N) is 2. The minimum absolute atomic E-state index is 0.00396. The van der Waals surface area contributed by atoms with Crippen LogP contribution < -0.4 is 21.1 Å². The molecule has 1 aliphatic rings. The molecule has 1 fully saturated rings. The van der Waals surface area contributed by atoms with Crippen LogP contribution in [0.1, 0.15) is 18.2 Å². The van der Waals surface area contributed by atoms with Crippen molar-refractivity contribution in [3.63, 3.8) is 0 Å². The Morgan fingerprint density at radius 1 is 1.20 bits per heavy atom. The SMILES string of the molecule is CCc1c(N2CCNCC2)c(=O)n2nc(-c3ccnc(O)n3)nc2n1CC(=O)Nc1ccc(C(F)(F)F)cc1Cl. The van der Waals surface area contributed by atoms with E-state index in [-0.39, 0.29) is 34.6 Å². The summed E-state index contributed by atoms with van der Waals surface area (Å²) in [4.78, 5) is 40.8. The van der Waals surface area contributed by atoms with Gasteiger partial charge >= 0.3 is 12.2 Å². The number of aromatic nitrogens is 6. The Bertz CT molecular complexity index is 1650. The maximum atomic E-state index is 13.7. The Balaban J connectivity index is 1.59. The number of piperazine rings is 1. The number of halogens is 4. The molecule has 16 heteroatoms. The summed E-state index contributed by atoms with van der Waals surface area (Å²) >= 11 is 6.03. The smallest absolute Gasteiger partial charge is 0.416 e. The van der Waals surface area contributed by atoms with E-state index in [1.54, 1.807) is 0 Å². The first-order valence-electron chi connectivity index (χ1n) is 12.2. The maximum Gasteiger partial charge on any atom is 0.416 e. The fourth-order valence-electron chi connectivity index (χ4n) is 4.53. The highest BCUT2D eigenvalue weighted by Crippen LogP contribution is 2.34. The molecule has 0 bridgehead atoms. The third-order valence-electron chi connectivity index (χ3n) is 6.34. The van der Waals surface area contributed by atoms with Crippen LogP contribution in [0.25, 0.3) is 17.3 Å². The summed E-state index contributed by atoms with van der Waals surface area (Å²) in [6, 6.07) is 3.58. The van der Waals surface area contributed by atoms with Crippen molar-refractivity contribution in [1.82, 2.24) is 34.4 Å². The molecule has 0 atom stereocenters. The van der Waals surface area contributed by atoms with Crippen molar-refractivity contribution in [2.75, 3.05) is 36.4 Å². The Hall–Kier alpha value is -4.24. The predicted molar refractivity (Wildman–Crippen MR) is 139 cm³/mol. The second-order valence-electron chi connectivity index (χ2n) is 8.91. The Labute approximate surface area is 229 Å². The van der Waals surface area contributed by atoms with Gasteiger partial charge in [-0.2, -0.15) is 27.7 Å². The number of carbonyl (C=O) groups is 1. The van der Waals surface area contributed by atoms with E-state index in [2.05, 4.69) is 30.7 Å². The standard InChI is InChI=1S/C24H23ClF3N9O3/c1-2-17-19(35-9-7-29-8-10-35)21(39)37-23(33-20(34-37)16-5-6-30-22(40)32-16)36(17)12-18(38)31-15-4-3-13(11-14(15)25)24(26,27)28/h3-6,11,29H,2,7-10,12H2,1H3,(H,31,38)(H,30,32,40). The highest BCUT2D eigenvalue weighted by molar-refractivity contribution is 6.33. The van der Waals surface area contributed by atoms with Crippen molar-refractivity contribution in [2.45, 2.75) is 26.1 Å². The molecular weight excluding hydrogens is 555 g/mol. The monoisotopic (exact) mass is 577 g/mol. The van der Waals surface area contributed by atoms with Crippen LogP contribution in [0, 0.1) is 0 Å². The minimum atomic E-state index is -4.59. The van der Waals surface area contributed by atoms with Crippen LogP contribution in [0.5, 0.6) is 6.01 Å². The lowest BCUT2D eigenvalue weighted by Crippen LogP contribution is -2.47. The number of aromatic hydroxyl groups is 1. The van der Waals surface area contributed by atoms with E-state index < -0.39 is 29.2 Å². The second-order valence-corrected chi connectivity index (χ2v) is 9.31. The average Bonchev–Trinajstić information content (AvgIpc) is 3.37. The van der Waals surface area contributed by atoms with Gasteiger partial charge < -0.3 is 25.2 Å². The largest absolute Gasteiger partial charge is 0.479 e. The molecule has 0 radical (unpaired) electrons. The molecule has 0 saturated carbocycles. The van der Waals surface area contributed by atoms with E-state index in [1.807, 2.05) is 11.8 Å². The van der Waals surface area contributed by atoms with Crippen LogP contribution in [0.4, 0.5) is 24.5 Å². The molecule has 1 aliphatic heterocycles. The van der Waals surface area contributed by atoms with Crippen LogP contribution in [0.3, 0.4) is 0 Å². The van der Waals surface area contributed by atoms with Gasteiger partial charge in [0.2, 0.25) is 17.5 Å². The minimum Gasteiger partial charge on any atom is -0.479 e. The van der Waals surface area contributed by atoms with E-state index in [0.29, 0.717) is 44.0 Å². The maximum absolute atomic E-state index is 13.7. The van der Waals surface area contributed by atoms with Gasteiger partial charge in [-0.05, 0) is 30.7 Å². The predicted octanol–water partition coefficient (Wildman–Crippen LogP) is 2.34. The first-order valence-corrected chi connectivity index (χ1v) is 12.6. The quantitative estimate of drug-likeness (QED) is 0.315. The number of fused-ring (bicyclic) bond motifs is 1. The number of nitrogens with zero attached hydrogens (tertiary/aromatic N) is 7. The molecule has 40 heavy (non-hydrogen) atoms. The first kappa shape index (κ1) is 27.3. The summed E-state index contributed by atoms with van der Waals surface area (Å²) < 4.78 is 41.7. The molecule has 3 N–H and O–H groups in total. The molecule has 12 nitrogen and oxygen atoms in total. The van der Waals surface area contributed by atoms with E-state index in [4.69, 9.17) is 11.6 Å². The third kappa shape index (κ3) is 5.29. The molecule has 3 aromatic heterocycles. The van der Waals surface area contributed by atoms with Gasteiger partial charge in [-0.15, -0.1) is 5.10 Å². The van der Waals surface area contributed by atoms with Crippen LogP contribution in [0.2, 0.25) is 5.02 Å². The number of hydrogen-bond acceptors (Lipinski definition) is 9. The van der Waals surface area contributed by atoms with Gasteiger partial charge in [0.25, 0.3) is 5.56 Å². The molecule has 0 aliphatic carbocycles. The topological polar surface area (TPSA) is 143 Å². The van der Waals surface area contributed by atoms with Gasteiger partial charge in [0.1, 0.15) is 17.9 Å². The Kier molecular flexibility index (Phi) is 7.33. The first-order chi connectivity index (χ1) is 19.1. The zero-order valence-electron chi connectivity index (χ0n) is 21.0. The van der Waals surface area contributed by atoms with Gasteiger partial charge in [0, 0.05) is 32.4 Å². The zero-order valence-corrected chi connectivity index (χ0v) is 21.8. The summed E-state index contributed by atoms with van der Waals surface area (Å²) in [6.07, 6.45) is -2.92. The van der Waals surface area contributed by atoms with Crippen molar-refractivity contribution in [2.24, 2.45) is 0 Å². The molecule has 0 spiro atoms. The number of hydrogen-bond donors (Lipinski definition) is 3. The Morgan fingerprint density at radius 3 is 2.60 bits per heavy atom. The number of rotatable bonds is 6. The zero-order chi connectivity index (χ0) is 28.6. The lowest BCUT2D eigenvalue weighted by molar-refractivity contribution is -0.137. The number of amides is 1. The highest BCUT2D eigenvalue weighted by Gasteiger charge is 2.31. The molecule has 4 heterocycles. The van der Waals surface area contributed by atoms with Gasteiger partial charge in [0.05, 0.1) is 22.0 Å². The number of alkyl halides is 3. The van der Waals surface area contributed by atoms with Crippen molar-refractivity contribution in [3.8, 4) is 17.5 Å². The Morgan fingerprint density at radius 2 is 1.95 bits per heavy atom. The summed E-state index contributed by atoms with van der Waals surface area (Å²) in [7, 11) is 0. The van der Waals surface area contributed by atoms with Crippen LogP contribution in [-0.2, 0) is 23.9 Å². The number of carbonyl (C=O) groups excluding carboxylic acids is 1. The molecule has 210 valence electrons. The third-order valence-corrected chi connectivity index (χ3v) is 6.65. The van der Waals surface area contributed by atoms with E-state index in [9.17, 15) is 27.9 Å². The lowest BCUT2D eigenvalue weighted by Gasteiger charge is -2.31. The van der Waals surface area contributed by atoms with Crippen LogP contribution >= 0.6 is 11.6 Å². The van der Waals surface area contributed by atoms with Gasteiger partial charge in [0.15, 0.2) is 0 Å². The van der Waals surface area contributed by atoms with E-state index in [0.717, 1.165) is 22.7 Å². The fraction of sp³-hybridized carbons (Fsp3) is 0.333. The fourth-order valence-corrected chi connectivity index (χ4v) is 4.75. The normalized spacial score (nSPS) is 14.1. The van der Waals surface area contributed by atoms with Crippen molar-refractivity contribution in [1.29, 1.82) is 0 Å². The van der Waals surface area contributed by atoms with E-state index in [1.165, 1.54) is 16.8 Å². The average molecular weight is 578 g/mol. The summed E-state index contributed by atoms with van der Waals surface area (Å²) in [5.74, 6) is -0.547. The van der Waals surface area contributed by atoms with Crippen LogP contribution in [-0.4, -0.2) is 66.3 Å². The summed E-state index contributed by atoms with van der Waals surface area (Å²) in [5.41, 5.74) is -0.344. The molecule has 1 saturated heterocycles. The van der Waals surface area contributed by atoms with Gasteiger partial charge in [-0.25, -0.2) is 4.98 Å².